The average molecular weight is 418 g/mol. The Hall–Kier alpha value is -3.54. The number of hydrogen-bond donors (Lipinski definition) is 1. The van der Waals surface area contributed by atoms with Crippen molar-refractivity contribution < 1.29 is 19.0 Å². The average Bonchev–Trinajstić information content (AvgIpc) is 3.13. The Balaban J connectivity index is 1.22. The molecule has 1 saturated heterocycles. The van der Waals surface area contributed by atoms with Crippen LogP contribution in [-0.4, -0.2) is 48.9 Å². The first-order chi connectivity index (χ1) is 15.1. The van der Waals surface area contributed by atoms with E-state index in [1.165, 1.54) is 34.4 Å². The second kappa shape index (κ2) is 7.95. The van der Waals surface area contributed by atoms with Gasteiger partial charge in [-0.1, -0.05) is 48.5 Å². The van der Waals surface area contributed by atoms with Crippen LogP contribution < -0.4 is 4.90 Å². The van der Waals surface area contributed by atoms with E-state index in [0.29, 0.717) is 38.5 Å². The van der Waals surface area contributed by atoms with Crippen LogP contribution in [0.3, 0.4) is 0 Å². The molecule has 31 heavy (non-hydrogen) atoms. The van der Waals surface area contributed by atoms with Gasteiger partial charge in [-0.25, -0.2) is 9.18 Å². The van der Waals surface area contributed by atoms with Crippen LogP contribution >= 0.6 is 0 Å². The summed E-state index contributed by atoms with van der Waals surface area (Å²) in [5, 5.41) is 9.37. The number of phenols is 1. The van der Waals surface area contributed by atoms with E-state index in [1.807, 2.05) is 29.2 Å². The first kappa shape index (κ1) is 19.4. The molecule has 1 fully saturated rings. The largest absolute Gasteiger partial charge is 0.505 e. The molecule has 0 radical (unpaired) electrons. The monoisotopic (exact) mass is 418 g/mol. The van der Waals surface area contributed by atoms with E-state index in [0.717, 1.165) is 0 Å². The predicted molar refractivity (Wildman–Crippen MR) is 117 cm³/mol. The Morgan fingerprint density at radius 3 is 2.16 bits per heavy atom. The first-order valence-electron chi connectivity index (χ1n) is 10.4. The summed E-state index contributed by atoms with van der Waals surface area (Å²) in [6.45, 7) is 2.46. The minimum atomic E-state index is -0.642. The van der Waals surface area contributed by atoms with E-state index in [2.05, 4.69) is 24.3 Å². The van der Waals surface area contributed by atoms with Gasteiger partial charge in [-0.3, -0.25) is 0 Å². The molecule has 0 bridgehead atoms. The summed E-state index contributed by atoms with van der Waals surface area (Å²) < 4.78 is 19.4. The number of nitrogens with zero attached hydrogens (tertiary/aromatic N) is 2. The number of anilines is 1. The van der Waals surface area contributed by atoms with Gasteiger partial charge in [-0.2, -0.15) is 0 Å². The number of hydrogen-bond acceptors (Lipinski definition) is 4. The number of ether oxygens (including phenoxy) is 1. The van der Waals surface area contributed by atoms with Crippen LogP contribution in [0, 0.1) is 5.82 Å². The van der Waals surface area contributed by atoms with Crippen molar-refractivity contribution in [1.29, 1.82) is 0 Å². The fourth-order valence-corrected chi connectivity index (χ4v) is 4.53. The van der Waals surface area contributed by atoms with Crippen molar-refractivity contribution in [3.63, 3.8) is 0 Å². The number of rotatable bonds is 3. The summed E-state index contributed by atoms with van der Waals surface area (Å²) in [6.07, 6.45) is -0.321. The normalized spacial score (nSPS) is 15.5. The van der Waals surface area contributed by atoms with Crippen LogP contribution in [0.4, 0.5) is 14.9 Å². The van der Waals surface area contributed by atoms with Gasteiger partial charge in [0, 0.05) is 43.9 Å². The minimum Gasteiger partial charge on any atom is -0.505 e. The topological polar surface area (TPSA) is 53.0 Å². The maximum Gasteiger partial charge on any atom is 0.409 e. The molecule has 3 aromatic carbocycles. The zero-order valence-electron chi connectivity index (χ0n) is 17.0. The predicted octanol–water partition coefficient (Wildman–Crippen LogP) is 4.60. The van der Waals surface area contributed by atoms with Gasteiger partial charge in [0.1, 0.15) is 6.61 Å². The van der Waals surface area contributed by atoms with Crippen LogP contribution in [0.15, 0.2) is 66.7 Å². The van der Waals surface area contributed by atoms with Crippen molar-refractivity contribution in [3.05, 3.63) is 83.7 Å². The van der Waals surface area contributed by atoms with Gasteiger partial charge in [-0.15, -0.1) is 0 Å². The lowest BCUT2D eigenvalue weighted by Gasteiger charge is -2.35. The Bertz CT molecular complexity index is 1080. The Morgan fingerprint density at radius 2 is 1.55 bits per heavy atom. The van der Waals surface area contributed by atoms with Gasteiger partial charge < -0.3 is 19.6 Å². The maximum atomic E-state index is 13.6. The van der Waals surface area contributed by atoms with Gasteiger partial charge >= 0.3 is 6.09 Å². The number of phenolic OH excluding ortho intramolecular Hbond substituents is 1. The Kier molecular flexibility index (Phi) is 4.98. The van der Waals surface area contributed by atoms with Gasteiger partial charge in [0.05, 0.1) is 0 Å². The number of fused-ring (bicyclic) bond motifs is 3. The van der Waals surface area contributed by atoms with Crippen LogP contribution in [0.25, 0.3) is 11.1 Å². The van der Waals surface area contributed by atoms with Crippen molar-refractivity contribution in [1.82, 2.24) is 4.90 Å². The molecule has 5 nitrogen and oxygen atoms in total. The van der Waals surface area contributed by atoms with Gasteiger partial charge in [-0.05, 0) is 34.4 Å². The third-order valence-corrected chi connectivity index (χ3v) is 6.17. The SMILES string of the molecule is O=C(OCC1c2ccccc2-c2ccccc21)N1CCN(c2ccc(O)c(F)c2)CC1. The highest BCUT2D eigenvalue weighted by molar-refractivity contribution is 5.79. The number of carbonyl (C=O) groups excluding carboxylic acids is 1. The summed E-state index contributed by atoms with van der Waals surface area (Å²) in [7, 11) is 0. The highest BCUT2D eigenvalue weighted by Crippen LogP contribution is 2.44. The lowest BCUT2D eigenvalue weighted by atomic mass is 9.98. The summed E-state index contributed by atoms with van der Waals surface area (Å²) in [4.78, 5) is 16.4. The molecule has 5 rings (SSSR count). The minimum absolute atomic E-state index is 0.0395. The van der Waals surface area contributed by atoms with Crippen LogP contribution in [0.1, 0.15) is 17.0 Å². The van der Waals surface area contributed by atoms with Crippen molar-refractivity contribution in [2.24, 2.45) is 0 Å². The molecule has 2 aliphatic rings. The number of aromatic hydroxyl groups is 1. The standard InChI is InChI=1S/C25H23FN2O3/c26-23-15-17(9-10-24(23)29)27-11-13-28(14-12-27)25(30)31-16-22-20-7-3-1-5-18(20)19-6-2-4-8-21(19)22/h1-10,15,22,29H,11-14,16H2. The molecular formula is C25H23FN2O3. The fraction of sp³-hybridized carbons (Fsp3) is 0.240. The quantitative estimate of drug-likeness (QED) is 0.675. The number of carbonyl (C=O) groups is 1. The summed E-state index contributed by atoms with van der Waals surface area (Å²) in [5.41, 5.74) is 5.48. The molecule has 1 N–H and O–H groups in total. The lowest BCUT2D eigenvalue weighted by Crippen LogP contribution is -2.49. The molecule has 0 spiro atoms. The lowest BCUT2D eigenvalue weighted by molar-refractivity contribution is 0.0977. The second-order valence-corrected chi connectivity index (χ2v) is 7.91. The zero-order chi connectivity index (χ0) is 21.4. The molecule has 0 saturated carbocycles. The Morgan fingerprint density at radius 1 is 0.935 bits per heavy atom. The number of halogens is 1. The van der Waals surface area contributed by atoms with Crippen molar-refractivity contribution in [2.45, 2.75) is 5.92 Å². The third kappa shape index (κ3) is 3.58. The van der Waals surface area contributed by atoms with Crippen molar-refractivity contribution in [3.8, 4) is 16.9 Å². The summed E-state index contributed by atoms with van der Waals surface area (Å²) in [5.74, 6) is -0.963. The summed E-state index contributed by atoms with van der Waals surface area (Å²) >= 11 is 0. The fourth-order valence-electron chi connectivity index (χ4n) is 4.53. The van der Waals surface area contributed by atoms with Gasteiger partial charge in [0.25, 0.3) is 0 Å². The molecular weight excluding hydrogens is 395 g/mol. The number of piperazine rings is 1. The van der Waals surface area contributed by atoms with Gasteiger partial charge in [0.2, 0.25) is 0 Å². The highest BCUT2D eigenvalue weighted by atomic mass is 19.1. The van der Waals surface area contributed by atoms with E-state index in [9.17, 15) is 14.3 Å². The molecule has 0 aromatic heterocycles. The van der Waals surface area contributed by atoms with Crippen LogP contribution in [-0.2, 0) is 4.74 Å². The number of benzene rings is 3. The molecule has 6 heteroatoms. The first-order valence-corrected chi connectivity index (χ1v) is 10.4. The molecule has 0 atom stereocenters. The smallest absolute Gasteiger partial charge is 0.409 e. The second-order valence-electron chi connectivity index (χ2n) is 7.91. The summed E-state index contributed by atoms with van der Waals surface area (Å²) in [6, 6.07) is 20.9. The number of amides is 1. The van der Waals surface area contributed by atoms with Crippen LogP contribution in [0.2, 0.25) is 0 Å². The zero-order valence-corrected chi connectivity index (χ0v) is 17.0. The van der Waals surface area contributed by atoms with E-state index in [4.69, 9.17) is 4.74 Å². The van der Waals surface area contributed by atoms with Crippen LogP contribution in [0.5, 0.6) is 5.75 Å². The molecule has 1 amide bonds. The maximum absolute atomic E-state index is 13.6. The molecule has 0 unspecified atom stereocenters. The van der Waals surface area contributed by atoms with E-state index >= 15 is 0 Å². The highest BCUT2D eigenvalue weighted by Gasteiger charge is 2.30. The Labute approximate surface area is 180 Å². The molecule has 1 aliphatic carbocycles. The molecule has 158 valence electrons. The van der Waals surface area contributed by atoms with E-state index < -0.39 is 5.82 Å². The molecule has 1 heterocycles. The van der Waals surface area contributed by atoms with Gasteiger partial charge in [0.15, 0.2) is 11.6 Å². The van der Waals surface area contributed by atoms with Crippen molar-refractivity contribution in [2.75, 3.05) is 37.7 Å². The molecule has 3 aromatic rings. The van der Waals surface area contributed by atoms with Crippen molar-refractivity contribution >= 4 is 11.8 Å². The third-order valence-electron chi connectivity index (χ3n) is 6.17. The molecule has 1 aliphatic heterocycles. The van der Waals surface area contributed by atoms with E-state index in [1.54, 1.807) is 11.0 Å². The van der Waals surface area contributed by atoms with E-state index in [-0.39, 0.29) is 17.8 Å².